The van der Waals surface area contributed by atoms with Gasteiger partial charge in [0.25, 0.3) is 17.7 Å². The maximum atomic E-state index is 12.8. The number of anilines is 4. The first-order chi connectivity index (χ1) is 63.1. The summed E-state index contributed by atoms with van der Waals surface area (Å²) < 4.78 is 43.7. The van der Waals surface area contributed by atoms with Crippen LogP contribution in [0.5, 0.6) is 5.75 Å². The smallest absolute Gasteiger partial charge is 0.410 e. The Kier molecular flexibility index (Phi) is 36.1. The van der Waals surface area contributed by atoms with Crippen molar-refractivity contribution in [1.82, 2.24) is 78.2 Å². The molecular weight excluding hydrogens is 1990 g/mol. The monoisotopic (exact) mass is 2090 g/mol. The van der Waals surface area contributed by atoms with Crippen LogP contribution in [0.15, 0.2) is 113 Å². The highest BCUT2D eigenvalue weighted by atomic mass is 79.9. The maximum Gasteiger partial charge on any atom is 0.410 e. The van der Waals surface area contributed by atoms with Gasteiger partial charge in [-0.25, -0.2) is 33.5 Å². The minimum absolute atomic E-state index is 0.0366. The highest BCUT2D eigenvalue weighted by Gasteiger charge is 2.43. The van der Waals surface area contributed by atoms with Gasteiger partial charge in [-0.15, -0.1) is 5.54 Å². The molecule has 4 saturated heterocycles. The number of likely N-dealkylation sites (tertiary alicyclic amines) is 3. The van der Waals surface area contributed by atoms with Crippen molar-refractivity contribution in [3.63, 3.8) is 0 Å². The van der Waals surface area contributed by atoms with Gasteiger partial charge < -0.3 is 97.3 Å². The van der Waals surface area contributed by atoms with E-state index in [2.05, 4.69) is 167 Å². The Morgan fingerprint density at radius 2 is 1.01 bits per heavy atom. The summed E-state index contributed by atoms with van der Waals surface area (Å²) in [5.74, 6) is 8.77. The van der Waals surface area contributed by atoms with Gasteiger partial charge in [-0.1, -0.05) is 86.6 Å². The van der Waals surface area contributed by atoms with E-state index in [1.54, 1.807) is 59.6 Å². The normalized spacial score (nSPS) is 18.8. The third-order valence-electron chi connectivity index (χ3n) is 22.1. The summed E-state index contributed by atoms with van der Waals surface area (Å²) in [5.41, 5.74) is 44.5. The van der Waals surface area contributed by atoms with Crippen LogP contribution in [0.2, 0.25) is 29.7 Å². The number of rotatable bonds is 24. The van der Waals surface area contributed by atoms with Crippen LogP contribution in [0.3, 0.4) is 0 Å². The lowest BCUT2D eigenvalue weighted by Gasteiger charge is -2.28. The molecule has 10 heterocycles. The summed E-state index contributed by atoms with van der Waals surface area (Å²) in [4.78, 5) is 95.5. The van der Waals surface area contributed by atoms with Crippen molar-refractivity contribution in [3.8, 4) is 35.1 Å². The van der Waals surface area contributed by atoms with E-state index in [4.69, 9.17) is 97.6 Å². The Bertz CT molecular complexity index is 5980. The van der Waals surface area contributed by atoms with Gasteiger partial charge in [0.2, 0.25) is 17.1 Å². The van der Waals surface area contributed by atoms with E-state index in [9.17, 15) is 38.8 Å². The van der Waals surface area contributed by atoms with Crippen LogP contribution in [0.25, 0.3) is 22.1 Å². The molecule has 6 aliphatic rings. The number of nitrogens with two attached hydrogens (primary N) is 6. The number of carbonyl (C=O) groups excluding carboxylic acids is 7. The highest BCUT2D eigenvalue weighted by molar-refractivity contribution is 9.11. The van der Waals surface area contributed by atoms with Crippen molar-refractivity contribution < 1.29 is 62.0 Å². The first kappa shape index (κ1) is 104. The van der Waals surface area contributed by atoms with Crippen LogP contribution in [0.4, 0.5) is 28.1 Å². The van der Waals surface area contributed by atoms with Crippen molar-refractivity contribution in [2.75, 3.05) is 111 Å². The quantitative estimate of drug-likeness (QED) is 0.0121. The minimum atomic E-state index is -1.38. The number of ether oxygens (including phenoxy) is 6. The molecule has 4 aliphatic heterocycles. The van der Waals surface area contributed by atoms with Gasteiger partial charge in [-0.3, -0.25) is 28.8 Å². The van der Waals surface area contributed by atoms with Crippen molar-refractivity contribution in [2.24, 2.45) is 17.2 Å². The molecule has 3 aromatic carbocycles. The van der Waals surface area contributed by atoms with Crippen LogP contribution >= 0.6 is 82.6 Å². The molecule has 6 fully saturated rings. The van der Waals surface area contributed by atoms with E-state index in [1.807, 2.05) is 82.0 Å². The highest BCUT2D eigenvalue weighted by Crippen LogP contribution is 2.42. The number of carbonyl (C=O) groups is 7. The molecule has 9 aromatic rings. The lowest BCUT2D eigenvalue weighted by Crippen LogP contribution is -2.41. The third-order valence-corrected chi connectivity index (χ3v) is 25.4. The van der Waals surface area contributed by atoms with E-state index in [0.717, 1.165) is 75.8 Å². The average Bonchev–Trinajstić information content (AvgIpc) is 1.69. The summed E-state index contributed by atoms with van der Waals surface area (Å²) in [7, 11) is 6.68. The molecule has 6 amide bonds. The van der Waals surface area contributed by atoms with Crippen LogP contribution in [0.1, 0.15) is 167 Å². The van der Waals surface area contributed by atoms with Gasteiger partial charge in [0.05, 0.1) is 121 Å². The first-order valence-electron chi connectivity index (χ1n) is 42.3. The van der Waals surface area contributed by atoms with E-state index < -0.39 is 36.6 Å². The maximum absolute atomic E-state index is 12.8. The predicted molar refractivity (Wildman–Crippen MR) is 521 cm³/mol. The number of methoxy groups -OCH3 is 5. The van der Waals surface area contributed by atoms with Gasteiger partial charge in [0.1, 0.15) is 84.8 Å². The lowest BCUT2D eigenvalue weighted by atomic mass is 10.1. The lowest BCUT2D eigenvalue weighted by molar-refractivity contribution is -0.128. The zero-order chi connectivity index (χ0) is 97.4. The fourth-order valence-electron chi connectivity index (χ4n) is 15.6. The van der Waals surface area contributed by atoms with Crippen LogP contribution < -0.4 is 49.8 Å². The number of primary amides is 3. The summed E-state index contributed by atoms with van der Waals surface area (Å²) in [6, 6.07) is 18.1. The van der Waals surface area contributed by atoms with Gasteiger partial charge in [-0.05, 0) is 198 Å². The Labute approximate surface area is 811 Å². The number of allylic oxidation sites excluding steroid dienone is 1. The van der Waals surface area contributed by atoms with E-state index in [0.29, 0.717) is 126 Å². The molecule has 0 bridgehead atoms. The van der Waals surface area contributed by atoms with Crippen LogP contribution in [-0.2, 0) is 44.6 Å². The number of aromatic nitrogens is 12. The van der Waals surface area contributed by atoms with E-state index in [1.165, 1.54) is 34.4 Å². The number of imidazole rings is 2. The average molecular weight is 2100 g/mol. The minimum Gasteiger partial charge on any atom is -0.497 e. The number of halogens is 6. The number of fused-ring (bicyclic) bond motifs is 2. The number of benzene rings is 3. The summed E-state index contributed by atoms with van der Waals surface area (Å²) in [5, 5.41) is 34.7. The summed E-state index contributed by atoms with van der Waals surface area (Å²) in [6.45, 7) is 26.6. The number of nitrogens with one attached hydrogen (secondary N) is 2. The Morgan fingerprint density at radius 1 is 0.579 bits per heavy atom. The van der Waals surface area contributed by atoms with Crippen molar-refractivity contribution in [1.29, 1.82) is 5.26 Å². The molecule has 2 aliphatic carbocycles. The SMILES string of the molecule is C=CC(=O)Cl.C=CC(=O)N1C[C@@H](n2nc(Br)c(C(N)=O)c2N)C[C@@H]1COC.C=CC(=O)N1C[C@@H](n2nc(C#Cc3cc4ncn(C5CC5)c4cc3Cl)c(C(N)=O)c2N)C[C@@H]1COC.COC[C@H]1C[C@H](n2nc(Br)c(C#N)c2NCc2ccc(OC)cc2)CN1C(=O)OC(C)(C)C.COC[C@H]1C[C@H](n2nc(Br)c(C(N)=O)c2N)CN1.C[Si](C)(C)C#Cc1cc2ncn(C3CC3)c2cc1Cl. The predicted octanol–water partition coefficient (Wildman–Crippen LogP) is 12.0. The van der Waals surface area contributed by atoms with E-state index >= 15 is 0 Å². The molecule has 15 rings (SSSR count). The molecule has 8 atom stereocenters. The number of hydrogen-bond donors (Lipinski definition) is 8. The molecular formula is C89H110Br3Cl3N24O13Si. The van der Waals surface area contributed by atoms with Gasteiger partial charge in [0.15, 0.2) is 5.69 Å². The Morgan fingerprint density at radius 3 is 1.42 bits per heavy atom. The molecule has 133 heavy (non-hydrogen) atoms. The zero-order valence-corrected chi connectivity index (χ0v) is 83.6. The number of nitrogens with zero attached hydrogens (tertiary/aromatic N) is 16. The first-order valence-corrected chi connectivity index (χ1v) is 49.3. The molecule has 710 valence electrons. The Balaban J connectivity index is 0.000000174. The third kappa shape index (κ3) is 26.3. The summed E-state index contributed by atoms with van der Waals surface area (Å²) in [6.07, 6.45) is 14.3. The number of amides is 6. The molecule has 14 N–H and O–H groups in total. The second kappa shape index (κ2) is 46.2. The standard InChI is InChI=1S/C25H26ClN7O3.C23H30BrN5O4.C15H17ClN2Si.C13H18BrN5O3.C10H16BrN5O2.C3H3ClO/c1-3-22(34)31-11-16(9-17(31)12-36-2)33-24(27)23(25(28)35)19(30-33)7-4-14-8-20-21(10-18(14)26)32(13-29-20)15-5-6-15;1-23(2,3)33-22(30)28-13-16(10-17(28)14-31-4)29-21(19(11-25)20(24)27-29)26-12-15-6-8-18(32-5)9-7-15;1-19(2,3)7-6-11-8-14-15(9-13(11)16)18(10-17-14)12-4-5-12;1-3-9(20)18-5-7(4-8(18)6-22-2)19-12(15)10(13(16)21)11(14)17-19;1-18-4-5-2-6(3-14-5)16-9(12)7(10(13)17)8(11)15-16;1-2-3(4)5/h3,8,10,13,15-17H,1,5-6,9,11-12,27H2,2H3,(H2,28,35);6-9,16-17,26H,10,12-14H2,1-5H3;8-10,12H,4-5H2,1-3H3;3,7-8H,1,4-6,15H2,2H3,(H2,16,21);5-6,14H,2-4,12H2,1H3,(H2,13,17);2H,1H2/t2*16-,17+;;7-,8+;5-,6+;/m00.01./s1. The largest absolute Gasteiger partial charge is 0.497 e. The van der Waals surface area contributed by atoms with Gasteiger partial charge in [0, 0.05) is 90.4 Å². The molecule has 0 spiro atoms. The van der Waals surface area contributed by atoms with Gasteiger partial charge in [-0.2, -0.15) is 25.7 Å². The van der Waals surface area contributed by atoms with Crippen molar-refractivity contribution in [2.45, 2.75) is 164 Å². The number of nitrogen functional groups attached to an aromatic ring is 3. The molecule has 0 unspecified atom stereocenters. The molecule has 37 nitrogen and oxygen atoms in total. The molecule has 44 heteroatoms. The fraction of sp³-hybridized carbons (Fsp3) is 0.438. The molecule has 0 radical (unpaired) electrons. The number of hydrogen-bond acceptors (Lipinski definition) is 25. The van der Waals surface area contributed by atoms with E-state index in [-0.39, 0.29) is 100 Å². The van der Waals surface area contributed by atoms with Crippen molar-refractivity contribution in [3.05, 3.63) is 168 Å². The summed E-state index contributed by atoms with van der Waals surface area (Å²) >= 11 is 27.4. The fourth-order valence-corrected chi connectivity index (χ4v) is 18.1. The topological polar surface area (TPSA) is 495 Å². The molecule has 2 saturated carbocycles. The van der Waals surface area contributed by atoms with Crippen LogP contribution in [-0.4, -0.2) is 240 Å². The molecule has 6 aromatic heterocycles. The van der Waals surface area contributed by atoms with Gasteiger partial charge >= 0.3 is 6.09 Å². The van der Waals surface area contributed by atoms with Crippen molar-refractivity contribution >= 4 is 177 Å². The Hall–Kier alpha value is -11.1. The zero-order valence-electron chi connectivity index (χ0n) is 75.6. The number of nitriles is 1. The second-order valence-electron chi connectivity index (χ2n) is 34.0. The second-order valence-corrected chi connectivity index (χ2v) is 42.2. The van der Waals surface area contributed by atoms with Crippen LogP contribution in [0, 0.1) is 34.6 Å².